The Morgan fingerprint density at radius 2 is 1.56 bits per heavy atom. The van der Waals surface area contributed by atoms with E-state index in [1.807, 2.05) is 56.3 Å². The van der Waals surface area contributed by atoms with Gasteiger partial charge in [0, 0.05) is 46.6 Å². The van der Waals surface area contributed by atoms with E-state index < -0.39 is 0 Å². The Bertz CT molecular complexity index is 1280. The van der Waals surface area contributed by atoms with Crippen molar-refractivity contribution in [3.05, 3.63) is 83.2 Å². The number of aryl methyl sites for hydroxylation is 2. The Morgan fingerprint density at radius 1 is 0.941 bits per heavy atom. The number of amides is 1. The SMILES string of the molecule is COc1ccc(-c2cc(CSc3nc(C)cc(C)n3)c(-c3ccc(C(=O)N(C)C)cc3)s2)cc1. The van der Waals surface area contributed by atoms with Crippen LogP contribution in [0, 0.1) is 13.8 Å². The third kappa shape index (κ3) is 5.48. The molecule has 2 aromatic carbocycles. The van der Waals surface area contributed by atoms with Gasteiger partial charge in [-0.15, -0.1) is 11.3 Å². The van der Waals surface area contributed by atoms with Crippen LogP contribution >= 0.6 is 23.1 Å². The maximum atomic E-state index is 12.3. The first kappa shape index (κ1) is 24.0. The lowest BCUT2D eigenvalue weighted by atomic mass is 10.1. The number of hydrogen-bond acceptors (Lipinski definition) is 6. The largest absolute Gasteiger partial charge is 0.497 e. The Hall–Kier alpha value is -3.16. The van der Waals surface area contributed by atoms with E-state index >= 15 is 0 Å². The summed E-state index contributed by atoms with van der Waals surface area (Å²) in [6, 6.07) is 20.2. The Morgan fingerprint density at radius 3 is 2.15 bits per heavy atom. The minimum absolute atomic E-state index is 0.000559. The molecule has 0 aliphatic carbocycles. The normalized spacial score (nSPS) is 10.9. The summed E-state index contributed by atoms with van der Waals surface area (Å²) in [7, 11) is 5.20. The van der Waals surface area contributed by atoms with Gasteiger partial charge in [-0.05, 0) is 79.1 Å². The van der Waals surface area contributed by atoms with Crippen LogP contribution in [0.15, 0.2) is 65.8 Å². The average Bonchev–Trinajstić information content (AvgIpc) is 3.26. The third-order valence-electron chi connectivity index (χ3n) is 5.30. The zero-order valence-corrected chi connectivity index (χ0v) is 21.6. The van der Waals surface area contributed by atoms with Gasteiger partial charge >= 0.3 is 0 Å². The summed E-state index contributed by atoms with van der Waals surface area (Å²) in [5, 5.41) is 0.785. The van der Waals surface area contributed by atoms with Crippen LogP contribution in [0.25, 0.3) is 20.9 Å². The van der Waals surface area contributed by atoms with Gasteiger partial charge in [0.2, 0.25) is 0 Å². The molecule has 34 heavy (non-hydrogen) atoms. The minimum Gasteiger partial charge on any atom is -0.497 e. The lowest BCUT2D eigenvalue weighted by Gasteiger charge is -2.10. The molecule has 0 N–H and O–H groups in total. The highest BCUT2D eigenvalue weighted by atomic mass is 32.2. The van der Waals surface area contributed by atoms with Gasteiger partial charge in [-0.25, -0.2) is 9.97 Å². The number of aromatic nitrogens is 2. The van der Waals surface area contributed by atoms with Crippen LogP contribution in [-0.4, -0.2) is 42.0 Å². The van der Waals surface area contributed by atoms with E-state index in [0.717, 1.165) is 39.2 Å². The molecule has 4 rings (SSSR count). The van der Waals surface area contributed by atoms with Gasteiger partial charge in [-0.1, -0.05) is 23.9 Å². The topological polar surface area (TPSA) is 55.3 Å². The molecule has 0 saturated carbocycles. The van der Waals surface area contributed by atoms with Crippen molar-refractivity contribution >= 4 is 29.0 Å². The molecule has 0 spiro atoms. The predicted molar refractivity (Wildman–Crippen MR) is 141 cm³/mol. The van der Waals surface area contributed by atoms with E-state index in [2.05, 4.69) is 28.2 Å². The van der Waals surface area contributed by atoms with E-state index in [-0.39, 0.29) is 5.91 Å². The van der Waals surface area contributed by atoms with Crippen LogP contribution in [0.5, 0.6) is 5.75 Å². The molecule has 0 aliphatic rings. The van der Waals surface area contributed by atoms with Crippen molar-refractivity contribution in [2.75, 3.05) is 21.2 Å². The van der Waals surface area contributed by atoms with Crippen molar-refractivity contribution < 1.29 is 9.53 Å². The van der Waals surface area contributed by atoms with Crippen LogP contribution in [-0.2, 0) is 5.75 Å². The minimum atomic E-state index is -0.000559. The fraction of sp³-hybridized carbons (Fsp3) is 0.222. The van der Waals surface area contributed by atoms with Crippen LogP contribution in [0.4, 0.5) is 0 Å². The molecular formula is C27H27N3O2S2. The smallest absolute Gasteiger partial charge is 0.253 e. The van der Waals surface area contributed by atoms with Crippen molar-refractivity contribution in [2.45, 2.75) is 24.8 Å². The molecule has 0 bridgehead atoms. The zero-order valence-electron chi connectivity index (χ0n) is 20.0. The van der Waals surface area contributed by atoms with Gasteiger partial charge in [-0.2, -0.15) is 0 Å². The van der Waals surface area contributed by atoms with Crippen LogP contribution in [0.3, 0.4) is 0 Å². The van der Waals surface area contributed by atoms with Gasteiger partial charge in [0.1, 0.15) is 5.75 Å². The van der Waals surface area contributed by atoms with Crippen molar-refractivity contribution in [1.82, 2.24) is 14.9 Å². The highest BCUT2D eigenvalue weighted by Crippen LogP contribution is 2.41. The molecule has 2 aromatic heterocycles. The summed E-state index contributed by atoms with van der Waals surface area (Å²) in [4.78, 5) is 25.4. The third-order valence-corrected chi connectivity index (χ3v) is 7.47. The number of nitrogens with zero attached hydrogens (tertiary/aromatic N) is 3. The van der Waals surface area contributed by atoms with E-state index in [1.54, 1.807) is 49.2 Å². The summed E-state index contributed by atoms with van der Waals surface area (Å²) in [5.41, 5.74) is 6.08. The number of benzene rings is 2. The summed E-state index contributed by atoms with van der Waals surface area (Å²) >= 11 is 3.39. The summed E-state index contributed by atoms with van der Waals surface area (Å²) in [5.74, 6) is 1.59. The van der Waals surface area contributed by atoms with E-state index in [9.17, 15) is 4.79 Å². The van der Waals surface area contributed by atoms with Crippen molar-refractivity contribution in [3.63, 3.8) is 0 Å². The van der Waals surface area contributed by atoms with Crippen LogP contribution in [0.2, 0.25) is 0 Å². The monoisotopic (exact) mass is 489 g/mol. The quantitative estimate of drug-likeness (QED) is 0.219. The Kier molecular flexibility index (Phi) is 7.34. The van der Waals surface area contributed by atoms with Crippen molar-refractivity contribution in [2.24, 2.45) is 0 Å². The second kappa shape index (κ2) is 10.4. The molecule has 2 heterocycles. The molecule has 174 valence electrons. The molecule has 0 atom stereocenters. The lowest BCUT2D eigenvalue weighted by Crippen LogP contribution is -2.21. The van der Waals surface area contributed by atoms with E-state index in [4.69, 9.17) is 4.74 Å². The highest BCUT2D eigenvalue weighted by molar-refractivity contribution is 7.98. The van der Waals surface area contributed by atoms with E-state index in [1.165, 1.54) is 15.3 Å². The number of thiophene rings is 1. The summed E-state index contributed by atoms with van der Waals surface area (Å²) in [6.45, 7) is 3.99. The lowest BCUT2D eigenvalue weighted by molar-refractivity contribution is 0.0827. The molecule has 0 fully saturated rings. The van der Waals surface area contributed by atoms with Crippen LogP contribution in [0.1, 0.15) is 27.3 Å². The molecule has 0 unspecified atom stereocenters. The van der Waals surface area contributed by atoms with E-state index in [0.29, 0.717) is 5.56 Å². The Labute approximate surface area is 208 Å². The van der Waals surface area contributed by atoms with Gasteiger partial charge < -0.3 is 9.64 Å². The fourth-order valence-corrected chi connectivity index (χ4v) is 5.81. The second-order valence-electron chi connectivity index (χ2n) is 8.19. The molecule has 0 aliphatic heterocycles. The number of carbonyl (C=O) groups excluding carboxylic acids is 1. The first-order chi connectivity index (χ1) is 16.3. The first-order valence-electron chi connectivity index (χ1n) is 10.9. The highest BCUT2D eigenvalue weighted by Gasteiger charge is 2.15. The zero-order chi connectivity index (χ0) is 24.2. The molecule has 5 nitrogen and oxygen atoms in total. The summed E-state index contributed by atoms with van der Waals surface area (Å²) < 4.78 is 5.31. The summed E-state index contributed by atoms with van der Waals surface area (Å²) in [6.07, 6.45) is 0. The maximum Gasteiger partial charge on any atom is 0.253 e. The molecule has 1 amide bonds. The number of rotatable bonds is 7. The maximum absolute atomic E-state index is 12.3. The molecule has 0 radical (unpaired) electrons. The predicted octanol–water partition coefficient (Wildman–Crippen LogP) is 6.49. The fourth-order valence-electron chi connectivity index (χ4n) is 3.60. The number of hydrogen-bond donors (Lipinski definition) is 0. The van der Waals surface area contributed by atoms with Gasteiger partial charge in [-0.3, -0.25) is 4.79 Å². The molecule has 7 heteroatoms. The van der Waals surface area contributed by atoms with Crippen LogP contribution < -0.4 is 4.74 Å². The molecular weight excluding hydrogens is 462 g/mol. The Balaban J connectivity index is 1.69. The molecule has 4 aromatic rings. The first-order valence-corrected chi connectivity index (χ1v) is 12.7. The molecule has 0 saturated heterocycles. The van der Waals surface area contributed by atoms with Crippen molar-refractivity contribution in [3.8, 4) is 26.6 Å². The standard InChI is InChI=1S/C27H27N3O2S2/c1-17-14-18(2)29-27(28-17)33-16-22-15-24(19-10-12-23(32-5)13-11-19)34-25(22)20-6-8-21(9-7-20)26(31)30(3)4/h6-15H,16H2,1-5H3. The second-order valence-corrected chi connectivity index (χ2v) is 10.2. The van der Waals surface area contributed by atoms with Gasteiger partial charge in [0.15, 0.2) is 5.16 Å². The van der Waals surface area contributed by atoms with Gasteiger partial charge in [0.05, 0.1) is 7.11 Å². The number of thioether (sulfide) groups is 1. The van der Waals surface area contributed by atoms with Gasteiger partial charge in [0.25, 0.3) is 5.91 Å². The number of methoxy groups -OCH3 is 1. The number of ether oxygens (including phenoxy) is 1. The average molecular weight is 490 g/mol. The van der Waals surface area contributed by atoms with Crippen molar-refractivity contribution in [1.29, 1.82) is 0 Å². The number of carbonyl (C=O) groups is 1.